The van der Waals surface area contributed by atoms with Gasteiger partial charge in [-0.25, -0.2) is 0 Å². The molecule has 0 saturated carbocycles. The van der Waals surface area contributed by atoms with Crippen LogP contribution < -0.4 is 0 Å². The van der Waals surface area contributed by atoms with E-state index in [4.69, 9.17) is 17.0 Å². The molecule has 0 amide bonds. The minimum absolute atomic E-state index is 0.321. The molecule has 3 atom stereocenters. The minimum atomic E-state index is -2.47. The Morgan fingerprint density at radius 3 is 2.86 bits per heavy atom. The summed E-state index contributed by atoms with van der Waals surface area (Å²) in [5.74, 6) is 0. The summed E-state index contributed by atoms with van der Waals surface area (Å²) < 4.78 is 31.2. The van der Waals surface area contributed by atoms with E-state index in [-0.39, 0.29) is 0 Å². The zero-order valence-electron chi connectivity index (χ0n) is 13.9. The Bertz CT molecular complexity index is 671. The van der Waals surface area contributed by atoms with Gasteiger partial charge in [0.15, 0.2) is 6.29 Å². The quantitative estimate of drug-likeness (QED) is 0.919. The van der Waals surface area contributed by atoms with Gasteiger partial charge in [0, 0.05) is 13.5 Å². The molecule has 0 spiro atoms. The molecule has 0 radical (unpaired) electrons. The summed E-state index contributed by atoms with van der Waals surface area (Å²) in [5, 5.41) is 11.9. The lowest BCUT2D eigenvalue weighted by Crippen LogP contribution is -2.27. The molecule has 1 fully saturated rings. The first-order valence-electron chi connectivity index (χ1n) is 7.97. The third kappa shape index (κ3) is 3.24. The molecule has 0 aromatic heterocycles. The number of hydrogen-bond donors (Lipinski definition) is 1. The van der Waals surface area contributed by atoms with Gasteiger partial charge >= 0.3 is 0 Å². The van der Waals surface area contributed by atoms with Crippen molar-refractivity contribution >= 4 is 10.8 Å². The standard InChI is InChI=1S/C17H20O4/c1-19-17-9-15(16(10-18)21-17)20-11-12-6-7-13-4-2-3-5-14(13)8-12/h2-8,15-18H,9-11H2,1H3/t15-,16+,17?/m0/s1/i10D2. The van der Waals surface area contributed by atoms with Crippen LogP contribution in [-0.4, -0.2) is 37.3 Å². The van der Waals surface area contributed by atoms with Crippen molar-refractivity contribution in [1.29, 1.82) is 0 Å². The van der Waals surface area contributed by atoms with Crippen LogP contribution in [0.15, 0.2) is 42.5 Å². The van der Waals surface area contributed by atoms with E-state index in [1.165, 1.54) is 7.11 Å². The van der Waals surface area contributed by atoms with Crippen molar-refractivity contribution in [1.82, 2.24) is 0 Å². The topological polar surface area (TPSA) is 47.9 Å². The Hall–Kier alpha value is -1.46. The number of aliphatic hydroxyl groups is 1. The summed E-state index contributed by atoms with van der Waals surface area (Å²) in [6.07, 6.45) is -1.81. The molecule has 4 nitrogen and oxygen atoms in total. The fraction of sp³-hybridized carbons (Fsp3) is 0.412. The van der Waals surface area contributed by atoms with Crippen LogP contribution in [0.1, 0.15) is 14.7 Å². The largest absolute Gasteiger partial charge is 0.394 e. The Morgan fingerprint density at radius 1 is 1.29 bits per heavy atom. The van der Waals surface area contributed by atoms with Crippen molar-refractivity contribution in [2.45, 2.75) is 31.5 Å². The summed E-state index contributed by atoms with van der Waals surface area (Å²) in [7, 11) is 1.49. The molecule has 1 unspecified atom stereocenters. The molecular weight excluding hydrogens is 268 g/mol. The van der Waals surface area contributed by atoms with Crippen molar-refractivity contribution in [3.8, 4) is 0 Å². The molecule has 1 saturated heterocycles. The highest BCUT2D eigenvalue weighted by Crippen LogP contribution is 2.25. The lowest BCUT2D eigenvalue weighted by atomic mass is 10.1. The lowest BCUT2D eigenvalue weighted by Gasteiger charge is -2.16. The Kier molecular flexibility index (Phi) is 3.77. The fourth-order valence-electron chi connectivity index (χ4n) is 2.57. The van der Waals surface area contributed by atoms with Crippen LogP contribution in [0.25, 0.3) is 10.8 Å². The predicted octanol–water partition coefficient (Wildman–Crippen LogP) is 2.48. The van der Waals surface area contributed by atoms with Gasteiger partial charge in [-0.3, -0.25) is 0 Å². The maximum absolute atomic E-state index is 9.61. The third-order valence-corrected chi connectivity index (χ3v) is 3.73. The van der Waals surface area contributed by atoms with Gasteiger partial charge < -0.3 is 19.3 Å². The van der Waals surface area contributed by atoms with Crippen molar-refractivity contribution < 1.29 is 22.1 Å². The third-order valence-electron chi connectivity index (χ3n) is 3.73. The zero-order chi connectivity index (χ0) is 16.4. The minimum Gasteiger partial charge on any atom is -0.394 e. The number of methoxy groups -OCH3 is 1. The monoisotopic (exact) mass is 290 g/mol. The Morgan fingerprint density at radius 2 is 2.10 bits per heavy atom. The SMILES string of the molecule is [2H]C([2H])(O)[C@H]1OC(OC)C[C@@H]1OCc1ccc2ccccc2c1. The van der Waals surface area contributed by atoms with E-state index in [9.17, 15) is 5.11 Å². The van der Waals surface area contributed by atoms with Crippen LogP contribution in [0.4, 0.5) is 0 Å². The van der Waals surface area contributed by atoms with Gasteiger partial charge in [0.2, 0.25) is 0 Å². The second-order valence-electron chi connectivity index (χ2n) is 5.12. The summed E-state index contributed by atoms with van der Waals surface area (Å²) in [4.78, 5) is 0. The van der Waals surface area contributed by atoms with E-state index in [1.807, 2.05) is 42.5 Å². The van der Waals surface area contributed by atoms with Crippen molar-refractivity contribution in [3.63, 3.8) is 0 Å². The summed E-state index contributed by atoms with van der Waals surface area (Å²) in [6.45, 7) is -2.15. The van der Waals surface area contributed by atoms with E-state index in [2.05, 4.69) is 0 Å². The van der Waals surface area contributed by atoms with Gasteiger partial charge in [0.05, 0.1) is 22.0 Å². The molecule has 112 valence electrons. The molecule has 1 aliphatic heterocycles. The maximum Gasteiger partial charge on any atom is 0.160 e. The van der Waals surface area contributed by atoms with Gasteiger partial charge in [-0.1, -0.05) is 36.4 Å². The molecule has 1 aliphatic rings. The Balaban J connectivity index is 1.70. The molecule has 0 bridgehead atoms. The van der Waals surface area contributed by atoms with Gasteiger partial charge in [-0.15, -0.1) is 0 Å². The van der Waals surface area contributed by atoms with Crippen LogP contribution in [0.3, 0.4) is 0 Å². The average molecular weight is 290 g/mol. The summed E-state index contributed by atoms with van der Waals surface area (Å²) >= 11 is 0. The summed E-state index contributed by atoms with van der Waals surface area (Å²) in [5.41, 5.74) is 0.988. The lowest BCUT2D eigenvalue weighted by molar-refractivity contribution is -0.130. The number of benzene rings is 2. The first-order valence-corrected chi connectivity index (χ1v) is 6.97. The molecule has 4 heteroatoms. The highest BCUT2D eigenvalue weighted by molar-refractivity contribution is 5.82. The van der Waals surface area contributed by atoms with E-state index in [1.54, 1.807) is 0 Å². The van der Waals surface area contributed by atoms with E-state index in [0.717, 1.165) is 16.3 Å². The molecular formula is C17H20O4. The van der Waals surface area contributed by atoms with E-state index >= 15 is 0 Å². The van der Waals surface area contributed by atoms with Gasteiger partial charge in [-0.05, 0) is 22.4 Å². The fourth-order valence-corrected chi connectivity index (χ4v) is 2.57. The molecule has 1 N–H and O–H groups in total. The highest BCUT2D eigenvalue weighted by Gasteiger charge is 2.35. The first-order chi connectivity index (χ1) is 11.0. The van der Waals surface area contributed by atoms with Gasteiger partial charge in [0.25, 0.3) is 0 Å². The second kappa shape index (κ2) is 6.54. The van der Waals surface area contributed by atoms with Gasteiger partial charge in [0.1, 0.15) is 6.10 Å². The molecule has 2 aromatic rings. The average Bonchev–Trinajstić information content (AvgIpc) is 2.96. The second-order valence-corrected chi connectivity index (χ2v) is 5.12. The molecule has 1 heterocycles. The van der Waals surface area contributed by atoms with Gasteiger partial charge in [-0.2, -0.15) is 0 Å². The number of hydrogen-bond acceptors (Lipinski definition) is 4. The Labute approximate surface area is 127 Å². The number of fused-ring (bicyclic) bond motifs is 1. The molecule has 2 aromatic carbocycles. The molecule has 0 aliphatic carbocycles. The van der Waals surface area contributed by atoms with Crippen LogP contribution in [0.2, 0.25) is 0 Å². The normalized spacial score (nSPS) is 27.6. The highest BCUT2D eigenvalue weighted by atomic mass is 16.7. The predicted molar refractivity (Wildman–Crippen MR) is 79.9 cm³/mol. The zero-order valence-corrected chi connectivity index (χ0v) is 11.9. The number of rotatable bonds is 5. The van der Waals surface area contributed by atoms with E-state index < -0.39 is 25.1 Å². The number of ether oxygens (including phenoxy) is 3. The first kappa shape index (κ1) is 12.1. The van der Waals surface area contributed by atoms with Crippen molar-refractivity contribution in [2.24, 2.45) is 0 Å². The van der Waals surface area contributed by atoms with Crippen molar-refractivity contribution in [2.75, 3.05) is 13.7 Å². The van der Waals surface area contributed by atoms with Crippen molar-refractivity contribution in [3.05, 3.63) is 48.0 Å². The molecule has 21 heavy (non-hydrogen) atoms. The van der Waals surface area contributed by atoms with Crippen LogP contribution in [0.5, 0.6) is 0 Å². The van der Waals surface area contributed by atoms with E-state index in [0.29, 0.717) is 13.0 Å². The van der Waals surface area contributed by atoms with Crippen LogP contribution >= 0.6 is 0 Å². The summed E-state index contributed by atoms with van der Waals surface area (Å²) in [6, 6.07) is 14.1. The maximum atomic E-state index is 9.61. The smallest absolute Gasteiger partial charge is 0.160 e. The van der Waals surface area contributed by atoms with Crippen LogP contribution in [0, 0.1) is 0 Å². The van der Waals surface area contributed by atoms with Crippen LogP contribution in [-0.2, 0) is 20.8 Å². The molecule has 3 rings (SSSR count).